The molecule has 1 aliphatic carbocycles. The van der Waals surface area contributed by atoms with Crippen LogP contribution in [0, 0.1) is 11.8 Å². The fourth-order valence-electron chi connectivity index (χ4n) is 2.95. The number of thiophene rings is 1. The van der Waals surface area contributed by atoms with Gasteiger partial charge < -0.3 is 5.11 Å². The average Bonchev–Trinajstić information content (AvgIpc) is 2.69. The zero-order valence-corrected chi connectivity index (χ0v) is 11.9. The lowest BCUT2D eigenvalue weighted by atomic mass is 9.76. The van der Waals surface area contributed by atoms with Gasteiger partial charge in [-0.05, 0) is 49.7 Å². The fourth-order valence-corrected chi connectivity index (χ4v) is 4.14. The number of halogens is 1. The van der Waals surface area contributed by atoms with Crippen molar-refractivity contribution >= 4 is 22.9 Å². The van der Waals surface area contributed by atoms with Crippen molar-refractivity contribution in [2.45, 2.75) is 51.6 Å². The van der Waals surface area contributed by atoms with Crippen molar-refractivity contribution < 1.29 is 5.11 Å². The number of hydrogen-bond donors (Lipinski definition) is 1. The Labute approximate surface area is 113 Å². The number of aliphatic hydroxyl groups is 1. The van der Waals surface area contributed by atoms with E-state index in [9.17, 15) is 5.11 Å². The van der Waals surface area contributed by atoms with E-state index in [-0.39, 0.29) is 6.10 Å². The number of hydrogen-bond acceptors (Lipinski definition) is 2. The molecule has 3 unspecified atom stereocenters. The van der Waals surface area contributed by atoms with Gasteiger partial charge in [0.15, 0.2) is 0 Å². The van der Waals surface area contributed by atoms with E-state index in [1.807, 2.05) is 6.07 Å². The van der Waals surface area contributed by atoms with Crippen molar-refractivity contribution in [1.29, 1.82) is 0 Å². The topological polar surface area (TPSA) is 20.2 Å². The Morgan fingerprint density at radius 2 is 2.24 bits per heavy atom. The first kappa shape index (κ1) is 13.4. The molecule has 3 atom stereocenters. The molecule has 1 nitrogen and oxygen atoms in total. The minimum atomic E-state index is -0.107. The Balaban J connectivity index is 1.93. The SMILES string of the molecule is CCCC1CCC(O)C(Cc2ccc(Cl)s2)C1. The molecule has 1 saturated carbocycles. The number of aliphatic hydroxyl groups excluding tert-OH is 1. The lowest BCUT2D eigenvalue weighted by Crippen LogP contribution is -2.30. The largest absolute Gasteiger partial charge is 0.393 e. The van der Waals surface area contributed by atoms with Crippen molar-refractivity contribution in [2.24, 2.45) is 11.8 Å². The van der Waals surface area contributed by atoms with Crippen molar-refractivity contribution in [3.63, 3.8) is 0 Å². The summed E-state index contributed by atoms with van der Waals surface area (Å²) < 4.78 is 0.857. The highest BCUT2D eigenvalue weighted by atomic mass is 35.5. The van der Waals surface area contributed by atoms with Gasteiger partial charge in [0.25, 0.3) is 0 Å². The molecule has 0 amide bonds. The monoisotopic (exact) mass is 272 g/mol. The molecule has 1 aliphatic rings. The minimum Gasteiger partial charge on any atom is -0.393 e. The smallest absolute Gasteiger partial charge is 0.0931 e. The van der Waals surface area contributed by atoms with Crippen LogP contribution in [0.2, 0.25) is 4.34 Å². The summed E-state index contributed by atoms with van der Waals surface area (Å²) >= 11 is 7.60. The maximum Gasteiger partial charge on any atom is 0.0931 e. The quantitative estimate of drug-likeness (QED) is 0.854. The van der Waals surface area contributed by atoms with Gasteiger partial charge in [0.1, 0.15) is 0 Å². The van der Waals surface area contributed by atoms with Crippen molar-refractivity contribution in [1.82, 2.24) is 0 Å². The van der Waals surface area contributed by atoms with Gasteiger partial charge in [0, 0.05) is 4.88 Å². The second-order valence-electron chi connectivity index (χ2n) is 5.21. The summed E-state index contributed by atoms with van der Waals surface area (Å²) in [6.07, 6.45) is 6.84. The molecule has 17 heavy (non-hydrogen) atoms. The van der Waals surface area contributed by atoms with E-state index in [0.717, 1.165) is 23.1 Å². The van der Waals surface area contributed by atoms with Crippen LogP contribution in [-0.4, -0.2) is 11.2 Å². The Bertz CT molecular complexity index is 350. The van der Waals surface area contributed by atoms with E-state index in [0.29, 0.717) is 5.92 Å². The third-order valence-corrected chi connectivity index (χ3v) is 5.09. The zero-order valence-electron chi connectivity index (χ0n) is 10.4. The summed E-state index contributed by atoms with van der Waals surface area (Å²) in [6.45, 7) is 2.25. The molecule has 1 fully saturated rings. The summed E-state index contributed by atoms with van der Waals surface area (Å²) in [5.74, 6) is 1.26. The van der Waals surface area contributed by atoms with Crippen molar-refractivity contribution in [2.75, 3.05) is 0 Å². The van der Waals surface area contributed by atoms with Crippen LogP contribution in [0.5, 0.6) is 0 Å². The highest BCUT2D eigenvalue weighted by molar-refractivity contribution is 7.16. The van der Waals surface area contributed by atoms with Crippen LogP contribution in [0.25, 0.3) is 0 Å². The predicted octanol–water partition coefficient (Wildman–Crippen LogP) is 4.52. The normalized spacial score (nSPS) is 29.5. The molecule has 0 aromatic carbocycles. The Morgan fingerprint density at radius 1 is 1.41 bits per heavy atom. The molecule has 2 rings (SSSR count). The molecule has 3 heteroatoms. The van der Waals surface area contributed by atoms with Gasteiger partial charge in [-0.15, -0.1) is 11.3 Å². The third-order valence-electron chi connectivity index (χ3n) is 3.84. The van der Waals surface area contributed by atoms with Gasteiger partial charge in [0.05, 0.1) is 10.4 Å². The molecular weight excluding hydrogens is 252 g/mol. The van der Waals surface area contributed by atoms with E-state index < -0.39 is 0 Å². The third kappa shape index (κ3) is 3.70. The summed E-state index contributed by atoms with van der Waals surface area (Å²) in [6, 6.07) is 4.06. The zero-order chi connectivity index (χ0) is 12.3. The highest BCUT2D eigenvalue weighted by Gasteiger charge is 2.28. The minimum absolute atomic E-state index is 0.107. The molecule has 0 bridgehead atoms. The van der Waals surface area contributed by atoms with Crippen LogP contribution in [0.15, 0.2) is 12.1 Å². The molecule has 0 radical (unpaired) electrons. The maximum atomic E-state index is 10.1. The standard InChI is InChI=1S/C14H21ClOS/c1-2-3-10-4-6-13(16)11(8-10)9-12-5-7-14(15)17-12/h5,7,10-11,13,16H,2-4,6,8-9H2,1H3. The van der Waals surface area contributed by atoms with E-state index >= 15 is 0 Å². The Hall–Kier alpha value is -0.0500. The first-order valence-corrected chi connectivity index (χ1v) is 7.80. The highest BCUT2D eigenvalue weighted by Crippen LogP contribution is 2.35. The first-order chi connectivity index (χ1) is 8.19. The molecule has 96 valence electrons. The molecule has 1 heterocycles. The number of rotatable bonds is 4. The van der Waals surface area contributed by atoms with Crippen molar-refractivity contribution in [3.05, 3.63) is 21.3 Å². The maximum absolute atomic E-state index is 10.1. The van der Waals surface area contributed by atoms with Gasteiger partial charge in [-0.25, -0.2) is 0 Å². The summed E-state index contributed by atoms with van der Waals surface area (Å²) in [7, 11) is 0. The molecule has 0 aliphatic heterocycles. The van der Waals surface area contributed by atoms with Gasteiger partial charge in [-0.3, -0.25) is 0 Å². The summed E-state index contributed by atoms with van der Waals surface area (Å²) in [4.78, 5) is 1.32. The van der Waals surface area contributed by atoms with E-state index in [1.54, 1.807) is 11.3 Å². The van der Waals surface area contributed by atoms with Crippen LogP contribution >= 0.6 is 22.9 Å². The van der Waals surface area contributed by atoms with E-state index in [1.165, 1.54) is 30.6 Å². The van der Waals surface area contributed by atoms with Crippen molar-refractivity contribution in [3.8, 4) is 0 Å². The summed E-state index contributed by atoms with van der Waals surface area (Å²) in [5.41, 5.74) is 0. The van der Waals surface area contributed by atoms with Gasteiger partial charge in [0.2, 0.25) is 0 Å². The second-order valence-corrected chi connectivity index (χ2v) is 7.00. The second kappa shape index (κ2) is 6.21. The van der Waals surface area contributed by atoms with Crippen LogP contribution < -0.4 is 0 Å². The predicted molar refractivity (Wildman–Crippen MR) is 74.8 cm³/mol. The molecule has 0 saturated heterocycles. The van der Waals surface area contributed by atoms with E-state index in [2.05, 4.69) is 13.0 Å². The first-order valence-electron chi connectivity index (χ1n) is 6.61. The van der Waals surface area contributed by atoms with Crippen LogP contribution in [0.3, 0.4) is 0 Å². The van der Waals surface area contributed by atoms with Gasteiger partial charge in [-0.2, -0.15) is 0 Å². The van der Waals surface area contributed by atoms with E-state index in [4.69, 9.17) is 11.6 Å². The Morgan fingerprint density at radius 3 is 2.88 bits per heavy atom. The van der Waals surface area contributed by atoms with Gasteiger partial charge in [-0.1, -0.05) is 31.4 Å². The lowest BCUT2D eigenvalue weighted by molar-refractivity contribution is 0.0467. The Kier molecular flexibility index (Phi) is 4.89. The molecule has 1 aromatic rings. The van der Waals surface area contributed by atoms with Crippen LogP contribution in [-0.2, 0) is 6.42 Å². The lowest BCUT2D eigenvalue weighted by Gasteiger charge is -2.33. The molecular formula is C14H21ClOS. The molecule has 1 N–H and O–H groups in total. The molecule has 0 spiro atoms. The van der Waals surface area contributed by atoms with Gasteiger partial charge >= 0.3 is 0 Å². The summed E-state index contributed by atoms with van der Waals surface area (Å²) in [5, 5.41) is 10.1. The fraction of sp³-hybridized carbons (Fsp3) is 0.714. The van der Waals surface area contributed by atoms with Crippen LogP contribution in [0.4, 0.5) is 0 Å². The molecule has 1 aromatic heterocycles. The average molecular weight is 273 g/mol. The van der Waals surface area contributed by atoms with Crippen LogP contribution in [0.1, 0.15) is 43.9 Å².